The monoisotopic (exact) mass is 378 g/mol. The molecule has 1 amide bonds. The van der Waals surface area contributed by atoms with Gasteiger partial charge < -0.3 is 10.1 Å². The molecule has 0 aliphatic rings. The van der Waals surface area contributed by atoms with Gasteiger partial charge in [-0.25, -0.2) is 4.39 Å². The molecule has 1 atom stereocenters. The summed E-state index contributed by atoms with van der Waals surface area (Å²) in [5, 5.41) is 3.32. The molecule has 0 radical (unpaired) electrons. The van der Waals surface area contributed by atoms with Gasteiger partial charge in [-0.05, 0) is 38.7 Å². The van der Waals surface area contributed by atoms with Gasteiger partial charge in [0.15, 0.2) is 11.6 Å². The standard InChI is InChI=1S/C19H20F2N2O2S/c1-5-12-8-13-9-16(14(21)10-15(13)22-11-12)25-18(26-4)17(24)23-19(2,3)6-7-20/h1,8-11,18H,6-7H2,2-4H3,(H,23,24). The van der Waals surface area contributed by atoms with Gasteiger partial charge in [-0.3, -0.25) is 14.2 Å². The Labute approximate surface area is 155 Å². The van der Waals surface area contributed by atoms with E-state index in [4.69, 9.17) is 11.2 Å². The van der Waals surface area contributed by atoms with E-state index in [1.54, 1.807) is 26.2 Å². The molecule has 2 rings (SSSR count). The predicted molar refractivity (Wildman–Crippen MR) is 100 cm³/mol. The summed E-state index contributed by atoms with van der Waals surface area (Å²) >= 11 is 1.11. The zero-order valence-electron chi connectivity index (χ0n) is 14.8. The van der Waals surface area contributed by atoms with E-state index in [9.17, 15) is 13.6 Å². The number of benzene rings is 1. The van der Waals surface area contributed by atoms with Crippen LogP contribution < -0.4 is 10.1 Å². The molecule has 4 nitrogen and oxygen atoms in total. The quantitative estimate of drug-likeness (QED) is 0.590. The van der Waals surface area contributed by atoms with Gasteiger partial charge >= 0.3 is 0 Å². The van der Waals surface area contributed by atoms with Crippen molar-refractivity contribution in [3.05, 3.63) is 35.8 Å². The van der Waals surface area contributed by atoms with Crippen LogP contribution in [0.3, 0.4) is 0 Å². The highest BCUT2D eigenvalue weighted by molar-refractivity contribution is 7.99. The van der Waals surface area contributed by atoms with Crippen molar-refractivity contribution in [3.8, 4) is 18.1 Å². The number of carbonyl (C=O) groups is 1. The first-order valence-corrected chi connectivity index (χ1v) is 9.22. The van der Waals surface area contributed by atoms with Gasteiger partial charge in [0.25, 0.3) is 5.91 Å². The highest BCUT2D eigenvalue weighted by Gasteiger charge is 2.27. The molecule has 1 aromatic carbocycles. The molecule has 1 N–H and O–H groups in total. The normalized spacial score (nSPS) is 12.5. The van der Waals surface area contributed by atoms with E-state index in [1.165, 1.54) is 18.3 Å². The highest BCUT2D eigenvalue weighted by Crippen LogP contribution is 2.27. The molecular formula is C19H20F2N2O2S. The average Bonchev–Trinajstić information content (AvgIpc) is 2.58. The topological polar surface area (TPSA) is 51.2 Å². The van der Waals surface area contributed by atoms with Gasteiger partial charge in [-0.1, -0.05) is 5.92 Å². The molecule has 0 fully saturated rings. The van der Waals surface area contributed by atoms with Crippen molar-refractivity contribution in [2.45, 2.75) is 31.2 Å². The molecule has 0 aliphatic heterocycles. The second-order valence-corrected chi connectivity index (χ2v) is 7.24. The molecule has 1 unspecified atom stereocenters. The first-order valence-electron chi connectivity index (χ1n) is 7.93. The van der Waals surface area contributed by atoms with Gasteiger partial charge in [0, 0.05) is 28.8 Å². The van der Waals surface area contributed by atoms with Gasteiger partial charge in [-0.15, -0.1) is 18.2 Å². The van der Waals surface area contributed by atoms with E-state index in [0.29, 0.717) is 16.5 Å². The number of hydrogen-bond donors (Lipinski definition) is 1. The number of hydrogen-bond acceptors (Lipinski definition) is 4. The number of terminal acetylenes is 1. The van der Waals surface area contributed by atoms with Crippen molar-refractivity contribution in [2.24, 2.45) is 0 Å². The van der Waals surface area contributed by atoms with Crippen molar-refractivity contribution in [2.75, 3.05) is 12.9 Å². The fourth-order valence-corrected chi connectivity index (χ4v) is 2.79. The minimum absolute atomic E-state index is 0.0775. The lowest BCUT2D eigenvalue weighted by molar-refractivity contribution is -0.126. The van der Waals surface area contributed by atoms with Crippen LogP contribution in [0.2, 0.25) is 0 Å². The van der Waals surface area contributed by atoms with Crippen molar-refractivity contribution >= 4 is 28.6 Å². The summed E-state index contributed by atoms with van der Waals surface area (Å²) in [6.07, 6.45) is 8.68. The number of nitrogens with zero attached hydrogens (tertiary/aromatic N) is 1. The lowest BCUT2D eigenvalue weighted by Crippen LogP contribution is -2.48. The smallest absolute Gasteiger partial charge is 0.272 e. The Morgan fingerprint density at radius 3 is 2.81 bits per heavy atom. The second kappa shape index (κ2) is 8.37. The molecule has 1 aromatic heterocycles. The van der Waals surface area contributed by atoms with Gasteiger partial charge in [0.1, 0.15) is 0 Å². The number of aromatic nitrogens is 1. The number of alkyl halides is 1. The van der Waals surface area contributed by atoms with Crippen molar-refractivity contribution < 1.29 is 18.3 Å². The molecular weight excluding hydrogens is 358 g/mol. The van der Waals surface area contributed by atoms with Crippen LogP contribution in [0.15, 0.2) is 24.4 Å². The molecule has 0 saturated carbocycles. The molecule has 2 aromatic rings. The third-order valence-corrected chi connectivity index (χ3v) is 4.48. The lowest BCUT2D eigenvalue weighted by Gasteiger charge is -2.27. The summed E-state index contributed by atoms with van der Waals surface area (Å²) in [5.74, 6) is 1.30. The maximum Gasteiger partial charge on any atom is 0.272 e. The number of rotatable bonds is 7. The van der Waals surface area contributed by atoms with Crippen LogP contribution in [-0.2, 0) is 4.79 Å². The molecule has 0 spiro atoms. The van der Waals surface area contributed by atoms with Crippen molar-refractivity contribution in [1.29, 1.82) is 0 Å². The van der Waals surface area contributed by atoms with E-state index in [0.717, 1.165) is 11.8 Å². The summed E-state index contributed by atoms with van der Waals surface area (Å²) in [6.45, 7) is 2.87. The molecule has 1 heterocycles. The summed E-state index contributed by atoms with van der Waals surface area (Å²) in [4.78, 5) is 16.5. The zero-order valence-corrected chi connectivity index (χ0v) is 15.6. The maximum atomic E-state index is 14.3. The zero-order chi connectivity index (χ0) is 19.3. The summed E-state index contributed by atoms with van der Waals surface area (Å²) in [6, 6.07) is 4.38. The SMILES string of the molecule is C#Cc1cnc2cc(F)c(OC(SC)C(=O)NC(C)(C)CCF)cc2c1. The average molecular weight is 378 g/mol. The first kappa shape index (κ1) is 20.0. The minimum atomic E-state index is -0.982. The fraction of sp³-hybridized carbons (Fsp3) is 0.368. The van der Waals surface area contributed by atoms with E-state index in [2.05, 4.69) is 16.2 Å². The third kappa shape index (κ3) is 4.85. The number of ether oxygens (including phenoxy) is 1. The Hall–Kier alpha value is -2.33. The second-order valence-electron chi connectivity index (χ2n) is 6.34. The lowest BCUT2D eigenvalue weighted by atomic mass is 10.0. The summed E-state index contributed by atoms with van der Waals surface area (Å²) in [5.41, 5.74) is -0.716. The Balaban J connectivity index is 2.25. The van der Waals surface area contributed by atoms with Crippen molar-refractivity contribution in [1.82, 2.24) is 10.3 Å². The first-order chi connectivity index (χ1) is 12.3. The molecule has 0 saturated heterocycles. The summed E-state index contributed by atoms with van der Waals surface area (Å²) in [7, 11) is 0. The minimum Gasteiger partial charge on any atom is -0.467 e. The van der Waals surface area contributed by atoms with Crippen LogP contribution in [-0.4, -0.2) is 34.8 Å². The van der Waals surface area contributed by atoms with Gasteiger partial charge in [-0.2, -0.15) is 0 Å². The molecule has 26 heavy (non-hydrogen) atoms. The van der Waals surface area contributed by atoms with Gasteiger partial charge in [0.2, 0.25) is 5.44 Å². The van der Waals surface area contributed by atoms with Gasteiger partial charge in [0.05, 0.1) is 12.2 Å². The Kier molecular flexibility index (Phi) is 6.43. The Morgan fingerprint density at radius 2 is 2.19 bits per heavy atom. The number of nitrogens with one attached hydrogen (secondary N) is 1. The van der Waals surface area contributed by atoms with Crippen LogP contribution >= 0.6 is 11.8 Å². The number of pyridine rings is 1. The maximum absolute atomic E-state index is 14.3. The Bertz CT molecular complexity index is 849. The number of carbonyl (C=O) groups excluding carboxylic acids is 1. The van der Waals surface area contributed by atoms with E-state index in [-0.39, 0.29) is 12.2 Å². The molecule has 0 aliphatic carbocycles. The summed E-state index contributed by atoms with van der Waals surface area (Å²) < 4.78 is 32.5. The van der Waals surface area contributed by atoms with E-state index < -0.39 is 29.4 Å². The third-order valence-electron chi connectivity index (χ3n) is 3.74. The number of amides is 1. The Morgan fingerprint density at radius 1 is 1.46 bits per heavy atom. The van der Waals surface area contributed by atoms with Crippen LogP contribution in [0.4, 0.5) is 8.78 Å². The van der Waals surface area contributed by atoms with Crippen LogP contribution in [0.1, 0.15) is 25.8 Å². The predicted octanol–water partition coefficient (Wildman–Crippen LogP) is 3.68. The number of fused-ring (bicyclic) bond motifs is 1. The largest absolute Gasteiger partial charge is 0.467 e. The highest BCUT2D eigenvalue weighted by atomic mass is 32.2. The number of thioether (sulfide) groups is 1. The molecule has 138 valence electrons. The van der Waals surface area contributed by atoms with E-state index in [1.807, 2.05) is 0 Å². The van der Waals surface area contributed by atoms with E-state index >= 15 is 0 Å². The van der Waals surface area contributed by atoms with Crippen LogP contribution in [0, 0.1) is 18.2 Å². The number of halogens is 2. The van der Waals surface area contributed by atoms with Crippen LogP contribution in [0.25, 0.3) is 10.9 Å². The van der Waals surface area contributed by atoms with Crippen LogP contribution in [0.5, 0.6) is 5.75 Å². The molecule has 0 bridgehead atoms. The fourth-order valence-electron chi connectivity index (χ4n) is 2.31. The molecule has 7 heteroatoms. The van der Waals surface area contributed by atoms with Crippen molar-refractivity contribution in [3.63, 3.8) is 0 Å².